The van der Waals surface area contributed by atoms with Crippen LogP contribution in [0.5, 0.6) is 0 Å². The van der Waals surface area contributed by atoms with E-state index in [0.717, 1.165) is 5.56 Å². The first-order chi connectivity index (χ1) is 11.4. The Morgan fingerprint density at radius 2 is 1.96 bits per heavy atom. The second kappa shape index (κ2) is 8.04. The molecule has 0 bridgehead atoms. The Hall–Kier alpha value is -2.24. The highest BCUT2D eigenvalue weighted by atomic mass is 35.5. The number of benzene rings is 2. The summed E-state index contributed by atoms with van der Waals surface area (Å²) in [6.45, 7) is 0. The number of nitrogen functional groups attached to an aromatic ring is 1. The SMILES string of the molecule is COC(=O)C(Cc1cccc(N)c1)NC(=O)c1cc(Cl)ccc1Cl. The second-order valence-corrected chi connectivity index (χ2v) is 5.97. The predicted molar refractivity (Wildman–Crippen MR) is 94.3 cm³/mol. The molecule has 0 fully saturated rings. The van der Waals surface area contributed by atoms with Crippen LogP contribution in [0.2, 0.25) is 10.0 Å². The minimum absolute atomic E-state index is 0.186. The normalized spacial score (nSPS) is 11.6. The van der Waals surface area contributed by atoms with Gasteiger partial charge in [0, 0.05) is 17.1 Å². The van der Waals surface area contributed by atoms with Gasteiger partial charge in [-0.25, -0.2) is 4.79 Å². The summed E-state index contributed by atoms with van der Waals surface area (Å²) in [7, 11) is 1.26. The molecule has 5 nitrogen and oxygen atoms in total. The summed E-state index contributed by atoms with van der Waals surface area (Å²) in [4.78, 5) is 24.4. The van der Waals surface area contributed by atoms with Gasteiger partial charge in [-0.3, -0.25) is 4.79 Å². The highest BCUT2D eigenvalue weighted by Crippen LogP contribution is 2.21. The van der Waals surface area contributed by atoms with Gasteiger partial charge in [-0.15, -0.1) is 0 Å². The first-order valence-electron chi connectivity index (χ1n) is 7.09. The summed E-state index contributed by atoms with van der Waals surface area (Å²) >= 11 is 11.9. The smallest absolute Gasteiger partial charge is 0.328 e. The lowest BCUT2D eigenvalue weighted by molar-refractivity contribution is -0.142. The maximum atomic E-state index is 12.4. The molecule has 0 heterocycles. The molecule has 0 aliphatic heterocycles. The molecular weight excluding hydrogens is 351 g/mol. The van der Waals surface area contributed by atoms with Crippen molar-refractivity contribution >= 4 is 40.8 Å². The first kappa shape index (κ1) is 18.1. The van der Waals surface area contributed by atoms with Gasteiger partial charge < -0.3 is 15.8 Å². The van der Waals surface area contributed by atoms with Gasteiger partial charge in [0.15, 0.2) is 0 Å². The fourth-order valence-corrected chi connectivity index (χ4v) is 2.57. The number of rotatable bonds is 5. The molecule has 0 saturated heterocycles. The number of halogens is 2. The molecule has 2 aromatic carbocycles. The molecule has 2 aromatic rings. The molecule has 2 rings (SSSR count). The van der Waals surface area contributed by atoms with E-state index >= 15 is 0 Å². The number of carbonyl (C=O) groups excluding carboxylic acids is 2. The van der Waals surface area contributed by atoms with Crippen LogP contribution in [0.4, 0.5) is 5.69 Å². The van der Waals surface area contributed by atoms with Crippen LogP contribution in [0.25, 0.3) is 0 Å². The molecule has 0 aliphatic carbocycles. The lowest BCUT2D eigenvalue weighted by atomic mass is 10.0. The van der Waals surface area contributed by atoms with Crippen LogP contribution in [-0.4, -0.2) is 25.0 Å². The molecular formula is C17H16Cl2N2O3. The van der Waals surface area contributed by atoms with Gasteiger partial charge in [-0.2, -0.15) is 0 Å². The highest BCUT2D eigenvalue weighted by molar-refractivity contribution is 6.35. The number of ether oxygens (including phenoxy) is 1. The standard InChI is InChI=1S/C17H16Cl2N2O3/c1-24-17(23)15(8-10-3-2-4-12(20)7-10)21-16(22)13-9-11(18)5-6-14(13)19/h2-7,9,15H,8,20H2,1H3,(H,21,22). The third kappa shape index (κ3) is 4.63. The molecule has 0 aliphatic rings. The number of hydrogen-bond acceptors (Lipinski definition) is 4. The fraction of sp³-hybridized carbons (Fsp3) is 0.176. The van der Waals surface area contributed by atoms with E-state index in [1.54, 1.807) is 24.3 Å². The van der Waals surface area contributed by atoms with E-state index in [0.29, 0.717) is 10.7 Å². The zero-order chi connectivity index (χ0) is 17.7. The molecule has 1 amide bonds. The lowest BCUT2D eigenvalue weighted by Gasteiger charge is -2.17. The first-order valence-corrected chi connectivity index (χ1v) is 7.84. The zero-order valence-electron chi connectivity index (χ0n) is 12.9. The van der Waals surface area contributed by atoms with Gasteiger partial charge >= 0.3 is 5.97 Å². The van der Waals surface area contributed by atoms with Crippen LogP contribution in [0.15, 0.2) is 42.5 Å². The maximum absolute atomic E-state index is 12.4. The van der Waals surface area contributed by atoms with Crippen molar-refractivity contribution in [1.82, 2.24) is 5.32 Å². The van der Waals surface area contributed by atoms with Gasteiger partial charge in [0.25, 0.3) is 5.91 Å². The lowest BCUT2D eigenvalue weighted by Crippen LogP contribution is -2.43. The summed E-state index contributed by atoms with van der Waals surface area (Å²) in [5.41, 5.74) is 7.29. The van der Waals surface area contributed by atoms with Gasteiger partial charge in [0.05, 0.1) is 17.7 Å². The van der Waals surface area contributed by atoms with E-state index in [4.69, 9.17) is 33.7 Å². The quantitative estimate of drug-likeness (QED) is 0.629. The molecule has 24 heavy (non-hydrogen) atoms. The van der Waals surface area contributed by atoms with Crippen LogP contribution in [-0.2, 0) is 16.0 Å². The van der Waals surface area contributed by atoms with Crippen molar-refractivity contribution < 1.29 is 14.3 Å². The molecule has 3 N–H and O–H groups in total. The molecule has 0 radical (unpaired) electrons. The molecule has 1 unspecified atom stereocenters. The number of carbonyl (C=O) groups is 2. The number of amides is 1. The Bertz CT molecular complexity index is 765. The molecule has 126 valence electrons. The Morgan fingerprint density at radius 1 is 1.21 bits per heavy atom. The van der Waals surface area contributed by atoms with E-state index in [1.807, 2.05) is 6.07 Å². The van der Waals surface area contributed by atoms with Crippen LogP contribution < -0.4 is 11.1 Å². The van der Waals surface area contributed by atoms with Crippen LogP contribution >= 0.6 is 23.2 Å². The fourth-order valence-electron chi connectivity index (χ4n) is 2.20. The number of hydrogen-bond donors (Lipinski definition) is 2. The van der Waals surface area contributed by atoms with E-state index in [9.17, 15) is 9.59 Å². The molecule has 7 heteroatoms. The number of anilines is 1. The Kier molecular flexibility index (Phi) is 6.06. The van der Waals surface area contributed by atoms with Crippen molar-refractivity contribution in [3.05, 3.63) is 63.6 Å². The van der Waals surface area contributed by atoms with E-state index in [2.05, 4.69) is 5.32 Å². The third-order valence-corrected chi connectivity index (χ3v) is 3.92. The number of esters is 1. The third-order valence-electron chi connectivity index (χ3n) is 3.35. The van der Waals surface area contributed by atoms with Gasteiger partial charge in [-0.05, 0) is 35.9 Å². The van der Waals surface area contributed by atoms with E-state index < -0.39 is 17.9 Å². The molecule has 0 aromatic heterocycles. The van der Waals surface area contributed by atoms with Gasteiger partial charge in [0.1, 0.15) is 6.04 Å². The number of nitrogens with one attached hydrogen (secondary N) is 1. The Labute approximate surface area is 149 Å². The summed E-state index contributed by atoms with van der Waals surface area (Å²) in [6.07, 6.45) is 0.238. The zero-order valence-corrected chi connectivity index (χ0v) is 14.4. The second-order valence-electron chi connectivity index (χ2n) is 5.12. The maximum Gasteiger partial charge on any atom is 0.328 e. The average molecular weight is 367 g/mol. The summed E-state index contributed by atoms with van der Waals surface area (Å²) < 4.78 is 4.76. The minimum atomic E-state index is -0.876. The van der Waals surface area contributed by atoms with Crippen molar-refractivity contribution in [3.8, 4) is 0 Å². The van der Waals surface area contributed by atoms with E-state index in [-0.39, 0.29) is 17.0 Å². The molecule has 1 atom stereocenters. The minimum Gasteiger partial charge on any atom is -0.467 e. The van der Waals surface area contributed by atoms with Crippen LogP contribution in [0.3, 0.4) is 0 Å². The van der Waals surface area contributed by atoms with Crippen molar-refractivity contribution in [2.45, 2.75) is 12.5 Å². The van der Waals surface area contributed by atoms with Crippen molar-refractivity contribution in [1.29, 1.82) is 0 Å². The molecule has 0 spiro atoms. The predicted octanol–water partition coefficient (Wildman–Crippen LogP) is 3.09. The average Bonchev–Trinajstić information content (AvgIpc) is 2.55. The number of methoxy groups -OCH3 is 1. The topological polar surface area (TPSA) is 81.4 Å². The molecule has 0 saturated carbocycles. The van der Waals surface area contributed by atoms with Crippen molar-refractivity contribution in [2.75, 3.05) is 12.8 Å². The summed E-state index contributed by atoms with van der Waals surface area (Å²) in [5, 5.41) is 3.23. The van der Waals surface area contributed by atoms with Crippen molar-refractivity contribution in [2.24, 2.45) is 0 Å². The van der Waals surface area contributed by atoms with Crippen molar-refractivity contribution in [3.63, 3.8) is 0 Å². The summed E-state index contributed by atoms with van der Waals surface area (Å²) in [6, 6.07) is 10.7. The van der Waals surface area contributed by atoms with Crippen LogP contribution in [0.1, 0.15) is 15.9 Å². The van der Waals surface area contributed by atoms with Gasteiger partial charge in [-0.1, -0.05) is 35.3 Å². The van der Waals surface area contributed by atoms with E-state index in [1.165, 1.54) is 19.2 Å². The largest absolute Gasteiger partial charge is 0.467 e. The van der Waals surface area contributed by atoms with Crippen LogP contribution in [0, 0.1) is 0 Å². The summed E-state index contributed by atoms with van der Waals surface area (Å²) in [5.74, 6) is -1.08. The Morgan fingerprint density at radius 3 is 2.62 bits per heavy atom. The number of nitrogens with two attached hydrogens (primary N) is 1. The Balaban J connectivity index is 2.21. The van der Waals surface area contributed by atoms with Gasteiger partial charge in [0.2, 0.25) is 0 Å². The monoisotopic (exact) mass is 366 g/mol. The highest BCUT2D eigenvalue weighted by Gasteiger charge is 2.23.